The molecule has 2 saturated heterocycles. The molecule has 0 saturated carbocycles. The van der Waals surface area contributed by atoms with Crippen LogP contribution in [-0.4, -0.2) is 57.3 Å². The Kier molecular flexibility index (Phi) is 6.54. The Balaban J connectivity index is 1.36. The quantitative estimate of drug-likeness (QED) is 0.525. The van der Waals surface area contributed by atoms with Gasteiger partial charge in [-0.25, -0.2) is 9.78 Å². The largest absolute Gasteiger partial charge is 0.489 e. The molecule has 0 unspecified atom stereocenters. The third kappa shape index (κ3) is 5.07. The molecule has 11 heteroatoms. The maximum atomic E-state index is 12.8. The van der Waals surface area contributed by atoms with Crippen molar-refractivity contribution < 1.29 is 23.6 Å². The SMILES string of the molecule is CCc1noc(-c2cnc(C(=O)NCc3ccc(Cl)cc3)cc2O[C@H]2CCN3C(=O)OC[C@@H]3C2)n1. The summed E-state index contributed by atoms with van der Waals surface area (Å²) in [7, 11) is 0. The highest BCUT2D eigenvalue weighted by molar-refractivity contribution is 6.30. The fraction of sp³-hybridized carbons (Fsp3) is 0.375. The average Bonchev–Trinajstić information content (AvgIpc) is 3.50. The molecule has 10 nitrogen and oxygen atoms in total. The van der Waals surface area contributed by atoms with E-state index in [1.54, 1.807) is 23.1 Å². The van der Waals surface area contributed by atoms with Crippen LogP contribution < -0.4 is 10.1 Å². The Morgan fingerprint density at radius 3 is 2.91 bits per heavy atom. The van der Waals surface area contributed by atoms with Crippen LogP contribution in [0.3, 0.4) is 0 Å². The zero-order chi connectivity index (χ0) is 24.4. The summed E-state index contributed by atoms with van der Waals surface area (Å²) < 4.78 is 16.9. The smallest absolute Gasteiger partial charge is 0.410 e. The lowest BCUT2D eigenvalue weighted by Gasteiger charge is -2.32. The Hall–Kier alpha value is -3.66. The Morgan fingerprint density at radius 1 is 1.31 bits per heavy atom. The number of benzene rings is 1. The highest BCUT2D eigenvalue weighted by Gasteiger charge is 2.39. The molecule has 2 aliphatic heterocycles. The van der Waals surface area contributed by atoms with E-state index in [0.29, 0.717) is 61.1 Å². The van der Waals surface area contributed by atoms with Gasteiger partial charge in [-0.15, -0.1) is 0 Å². The third-order valence-electron chi connectivity index (χ3n) is 6.07. The van der Waals surface area contributed by atoms with Gasteiger partial charge in [0.15, 0.2) is 5.82 Å². The first-order chi connectivity index (χ1) is 17.0. The zero-order valence-corrected chi connectivity index (χ0v) is 19.8. The Labute approximate surface area is 206 Å². The summed E-state index contributed by atoms with van der Waals surface area (Å²) in [6.45, 7) is 3.15. The number of aryl methyl sites for hydroxylation is 1. The number of ether oxygens (including phenoxy) is 2. The van der Waals surface area contributed by atoms with Crippen LogP contribution in [-0.2, 0) is 17.7 Å². The number of aromatic nitrogens is 3. The van der Waals surface area contributed by atoms with Crippen LogP contribution in [0.15, 0.2) is 41.1 Å². The summed E-state index contributed by atoms with van der Waals surface area (Å²) in [6, 6.07) is 8.79. The minimum absolute atomic E-state index is 0.0243. The fourth-order valence-electron chi connectivity index (χ4n) is 4.15. The molecular formula is C24H24ClN5O5. The third-order valence-corrected chi connectivity index (χ3v) is 6.33. The summed E-state index contributed by atoms with van der Waals surface area (Å²) in [5, 5.41) is 7.45. The molecule has 0 spiro atoms. The number of carbonyl (C=O) groups excluding carboxylic acids is 2. The summed E-state index contributed by atoms with van der Waals surface area (Å²) in [4.78, 5) is 35.1. The van der Waals surface area contributed by atoms with Crippen LogP contribution in [0.4, 0.5) is 4.79 Å². The van der Waals surface area contributed by atoms with Crippen molar-refractivity contribution in [2.75, 3.05) is 13.2 Å². The van der Waals surface area contributed by atoms with E-state index >= 15 is 0 Å². The molecule has 182 valence electrons. The molecule has 2 atom stereocenters. The summed E-state index contributed by atoms with van der Waals surface area (Å²) in [5.74, 6) is 0.910. The maximum absolute atomic E-state index is 12.8. The molecule has 0 bridgehead atoms. The van der Waals surface area contributed by atoms with Gasteiger partial charge >= 0.3 is 6.09 Å². The molecule has 4 heterocycles. The summed E-state index contributed by atoms with van der Waals surface area (Å²) >= 11 is 5.93. The second-order valence-corrected chi connectivity index (χ2v) is 8.87. The lowest BCUT2D eigenvalue weighted by atomic mass is 10.0. The van der Waals surface area contributed by atoms with Crippen molar-refractivity contribution in [3.63, 3.8) is 0 Å². The molecule has 1 N–H and O–H groups in total. The minimum atomic E-state index is -0.347. The molecule has 0 aliphatic carbocycles. The van der Waals surface area contributed by atoms with Crippen molar-refractivity contribution in [2.45, 2.75) is 44.9 Å². The normalized spacial score (nSPS) is 19.3. The van der Waals surface area contributed by atoms with Gasteiger partial charge in [0.05, 0.1) is 6.04 Å². The number of hydrogen-bond donors (Lipinski definition) is 1. The Morgan fingerprint density at radius 2 is 2.14 bits per heavy atom. The van der Waals surface area contributed by atoms with Crippen molar-refractivity contribution in [1.29, 1.82) is 0 Å². The second kappa shape index (κ2) is 9.91. The van der Waals surface area contributed by atoms with Gasteiger partial charge in [-0.1, -0.05) is 35.8 Å². The first-order valence-corrected chi connectivity index (χ1v) is 11.8. The highest BCUT2D eigenvalue weighted by atomic mass is 35.5. The molecule has 0 radical (unpaired) electrons. The molecule has 2 amide bonds. The van der Waals surface area contributed by atoms with Gasteiger partial charge in [-0.05, 0) is 17.7 Å². The van der Waals surface area contributed by atoms with Crippen molar-refractivity contribution >= 4 is 23.6 Å². The fourth-order valence-corrected chi connectivity index (χ4v) is 4.28. The van der Waals surface area contributed by atoms with Gasteiger partial charge in [0.2, 0.25) is 0 Å². The number of carbonyl (C=O) groups is 2. The number of amides is 2. The second-order valence-electron chi connectivity index (χ2n) is 8.43. The van der Waals surface area contributed by atoms with Gasteiger partial charge in [-0.3, -0.25) is 4.79 Å². The molecule has 2 fully saturated rings. The lowest BCUT2D eigenvalue weighted by Crippen LogP contribution is -2.44. The van der Waals surface area contributed by atoms with Gasteiger partial charge in [0.1, 0.15) is 29.7 Å². The zero-order valence-electron chi connectivity index (χ0n) is 19.1. The van der Waals surface area contributed by atoms with Crippen LogP contribution in [0.25, 0.3) is 11.5 Å². The van der Waals surface area contributed by atoms with Crippen LogP contribution in [0.5, 0.6) is 5.75 Å². The van der Waals surface area contributed by atoms with Gasteiger partial charge < -0.3 is 24.2 Å². The molecule has 1 aromatic carbocycles. The topological polar surface area (TPSA) is 120 Å². The van der Waals surface area contributed by atoms with E-state index in [1.807, 2.05) is 19.1 Å². The molecule has 3 aromatic rings. The van der Waals surface area contributed by atoms with E-state index in [0.717, 1.165) is 5.56 Å². The molecule has 35 heavy (non-hydrogen) atoms. The van der Waals surface area contributed by atoms with E-state index < -0.39 is 0 Å². The minimum Gasteiger partial charge on any atom is -0.489 e. The first-order valence-electron chi connectivity index (χ1n) is 11.5. The van der Waals surface area contributed by atoms with Gasteiger partial charge in [0.25, 0.3) is 11.8 Å². The predicted molar refractivity (Wildman–Crippen MR) is 125 cm³/mol. The van der Waals surface area contributed by atoms with Crippen molar-refractivity contribution in [3.8, 4) is 17.2 Å². The van der Waals surface area contributed by atoms with E-state index in [4.69, 9.17) is 25.6 Å². The standard InChI is InChI=1S/C24H24ClN5O5/c1-2-21-28-23(35-29-21)18-12-26-19(22(31)27-11-14-3-5-15(25)6-4-14)10-20(18)34-17-7-8-30-16(9-17)13-33-24(30)32/h3-6,10,12,16-17H,2,7-9,11,13H2,1H3,(H,27,31)/t16-,17-/m0/s1. The molecular weight excluding hydrogens is 474 g/mol. The maximum Gasteiger partial charge on any atom is 0.410 e. The van der Waals surface area contributed by atoms with Crippen LogP contribution >= 0.6 is 11.6 Å². The number of cyclic esters (lactones) is 1. The Bertz CT molecular complexity index is 1230. The van der Waals surface area contributed by atoms with Crippen LogP contribution in [0.1, 0.15) is 41.6 Å². The van der Waals surface area contributed by atoms with Crippen molar-refractivity contribution in [2.24, 2.45) is 0 Å². The van der Waals surface area contributed by atoms with Gasteiger partial charge in [0, 0.05) is 49.6 Å². The monoisotopic (exact) mass is 497 g/mol. The number of pyridine rings is 1. The van der Waals surface area contributed by atoms with E-state index in [-0.39, 0.29) is 35.7 Å². The molecule has 2 aromatic heterocycles. The average molecular weight is 498 g/mol. The number of nitrogens with one attached hydrogen (secondary N) is 1. The van der Waals surface area contributed by atoms with Crippen molar-refractivity contribution in [3.05, 3.63) is 58.6 Å². The van der Waals surface area contributed by atoms with Crippen LogP contribution in [0, 0.1) is 0 Å². The number of hydrogen-bond acceptors (Lipinski definition) is 8. The summed E-state index contributed by atoms with van der Waals surface area (Å²) in [6.07, 6.45) is 2.93. The number of nitrogens with zero attached hydrogens (tertiary/aromatic N) is 4. The highest BCUT2D eigenvalue weighted by Crippen LogP contribution is 2.33. The number of piperidine rings is 1. The first kappa shape index (κ1) is 23.1. The number of rotatable bonds is 7. The van der Waals surface area contributed by atoms with E-state index in [2.05, 4.69) is 20.4 Å². The van der Waals surface area contributed by atoms with E-state index in [9.17, 15) is 9.59 Å². The lowest BCUT2D eigenvalue weighted by molar-refractivity contribution is 0.0914. The summed E-state index contributed by atoms with van der Waals surface area (Å²) in [5.41, 5.74) is 1.62. The van der Waals surface area contributed by atoms with Crippen LogP contribution in [0.2, 0.25) is 5.02 Å². The molecule has 2 aliphatic rings. The van der Waals surface area contributed by atoms with Gasteiger partial charge in [-0.2, -0.15) is 4.98 Å². The number of halogens is 1. The molecule has 5 rings (SSSR count). The predicted octanol–water partition coefficient (Wildman–Crippen LogP) is 3.64. The number of fused-ring (bicyclic) bond motifs is 1. The van der Waals surface area contributed by atoms with E-state index in [1.165, 1.54) is 6.20 Å². The van der Waals surface area contributed by atoms with Crippen molar-refractivity contribution in [1.82, 2.24) is 25.3 Å².